The lowest BCUT2D eigenvalue weighted by Gasteiger charge is -2.31. The van der Waals surface area contributed by atoms with Crippen molar-refractivity contribution in [3.63, 3.8) is 0 Å². The third kappa shape index (κ3) is 2.50. The van der Waals surface area contributed by atoms with Crippen LogP contribution in [0.5, 0.6) is 0 Å². The molecule has 2 N–H and O–H groups in total. The molecule has 0 amide bonds. The van der Waals surface area contributed by atoms with E-state index in [1.165, 1.54) is 0 Å². The normalized spacial score (nSPS) is 18.6. The second kappa shape index (κ2) is 4.88. The molecule has 0 aliphatic heterocycles. The molecule has 0 radical (unpaired) electrons. The van der Waals surface area contributed by atoms with Gasteiger partial charge >= 0.3 is 5.97 Å². The van der Waals surface area contributed by atoms with Gasteiger partial charge in [-0.3, -0.25) is 5.32 Å². The van der Waals surface area contributed by atoms with Gasteiger partial charge in [0, 0.05) is 6.04 Å². The van der Waals surface area contributed by atoms with Gasteiger partial charge in [-0.05, 0) is 24.8 Å². The lowest BCUT2D eigenvalue weighted by molar-refractivity contribution is -0.146. The van der Waals surface area contributed by atoms with Crippen molar-refractivity contribution < 1.29 is 9.90 Å². The molecule has 2 rings (SSSR count). The van der Waals surface area contributed by atoms with Crippen LogP contribution in [0.4, 0.5) is 0 Å². The number of aliphatic carboxylic acids is 1. The van der Waals surface area contributed by atoms with Gasteiger partial charge in [0.15, 0.2) is 0 Å². The molecule has 0 spiro atoms. The van der Waals surface area contributed by atoms with E-state index in [0.717, 1.165) is 24.8 Å². The molecular formula is C14H19NO2. The van der Waals surface area contributed by atoms with E-state index in [9.17, 15) is 9.90 Å². The first-order valence-corrected chi connectivity index (χ1v) is 6.25. The smallest absolute Gasteiger partial charge is 0.328 e. The molecule has 17 heavy (non-hydrogen) atoms. The van der Waals surface area contributed by atoms with Crippen LogP contribution in [0.15, 0.2) is 30.3 Å². The molecule has 1 aliphatic carbocycles. The van der Waals surface area contributed by atoms with Crippen LogP contribution in [-0.4, -0.2) is 17.1 Å². The lowest BCUT2D eigenvalue weighted by atomic mass is 9.85. The van der Waals surface area contributed by atoms with Crippen molar-refractivity contribution in [2.45, 2.75) is 44.2 Å². The Morgan fingerprint density at radius 2 is 2.06 bits per heavy atom. The second-order valence-corrected chi connectivity index (χ2v) is 4.75. The fourth-order valence-electron chi connectivity index (χ4n) is 2.27. The topological polar surface area (TPSA) is 49.3 Å². The van der Waals surface area contributed by atoms with Crippen LogP contribution in [0, 0.1) is 0 Å². The fraction of sp³-hybridized carbons (Fsp3) is 0.500. The van der Waals surface area contributed by atoms with E-state index in [1.54, 1.807) is 0 Å². The third-order valence-electron chi connectivity index (χ3n) is 3.28. The first kappa shape index (κ1) is 12.1. The molecule has 1 aliphatic rings. The van der Waals surface area contributed by atoms with Gasteiger partial charge < -0.3 is 5.11 Å². The van der Waals surface area contributed by atoms with Gasteiger partial charge in [0.2, 0.25) is 0 Å². The number of carboxylic acid groups (broad SMARTS) is 1. The average molecular weight is 233 g/mol. The zero-order chi connectivity index (χ0) is 12.3. The predicted octanol–water partition coefficient (Wildman–Crippen LogP) is 2.52. The van der Waals surface area contributed by atoms with Gasteiger partial charge in [0.05, 0.1) is 0 Å². The Morgan fingerprint density at radius 3 is 2.53 bits per heavy atom. The summed E-state index contributed by atoms with van der Waals surface area (Å²) in [4.78, 5) is 11.7. The molecule has 92 valence electrons. The Labute approximate surface area is 102 Å². The minimum absolute atomic E-state index is 0.373. The van der Waals surface area contributed by atoms with Crippen LogP contribution >= 0.6 is 0 Å². The van der Waals surface area contributed by atoms with E-state index in [1.807, 2.05) is 37.3 Å². The standard InChI is InChI=1S/C14H19NO2/c1-2-10-14(13(16)17,15-12-8-9-12)11-6-4-3-5-7-11/h3-7,12,15H,2,8-10H2,1H3,(H,16,17). The Balaban J connectivity index is 2.35. The number of carboxylic acids is 1. The Kier molecular flexibility index (Phi) is 3.48. The number of hydrogen-bond donors (Lipinski definition) is 2. The van der Waals surface area contributed by atoms with Crippen molar-refractivity contribution >= 4 is 5.97 Å². The average Bonchev–Trinajstić information content (AvgIpc) is 3.13. The highest BCUT2D eigenvalue weighted by Gasteiger charge is 2.43. The number of rotatable bonds is 6. The maximum Gasteiger partial charge on any atom is 0.328 e. The van der Waals surface area contributed by atoms with Gasteiger partial charge in [-0.15, -0.1) is 0 Å². The van der Waals surface area contributed by atoms with E-state index in [0.29, 0.717) is 12.5 Å². The van der Waals surface area contributed by atoms with Crippen molar-refractivity contribution in [1.82, 2.24) is 5.32 Å². The molecule has 0 aromatic heterocycles. The van der Waals surface area contributed by atoms with Crippen LogP contribution in [0.3, 0.4) is 0 Å². The zero-order valence-electron chi connectivity index (χ0n) is 10.1. The van der Waals surface area contributed by atoms with Crippen molar-refractivity contribution in [2.24, 2.45) is 0 Å². The van der Waals surface area contributed by atoms with Crippen LogP contribution < -0.4 is 5.32 Å². The molecule has 3 heteroatoms. The molecule has 0 bridgehead atoms. The number of carbonyl (C=O) groups is 1. The summed E-state index contributed by atoms with van der Waals surface area (Å²) in [7, 11) is 0. The lowest BCUT2D eigenvalue weighted by Crippen LogP contribution is -2.50. The third-order valence-corrected chi connectivity index (χ3v) is 3.28. The molecule has 1 aromatic rings. The van der Waals surface area contributed by atoms with E-state index < -0.39 is 11.5 Å². The fourth-order valence-corrected chi connectivity index (χ4v) is 2.27. The summed E-state index contributed by atoms with van der Waals surface area (Å²) in [5, 5.41) is 12.9. The molecule has 1 atom stereocenters. The van der Waals surface area contributed by atoms with Crippen molar-refractivity contribution in [3.05, 3.63) is 35.9 Å². The highest BCUT2D eigenvalue weighted by atomic mass is 16.4. The molecule has 0 heterocycles. The molecule has 3 nitrogen and oxygen atoms in total. The number of hydrogen-bond acceptors (Lipinski definition) is 2. The monoisotopic (exact) mass is 233 g/mol. The quantitative estimate of drug-likeness (QED) is 0.793. The molecule has 0 saturated heterocycles. The zero-order valence-corrected chi connectivity index (χ0v) is 10.1. The SMILES string of the molecule is CCCC(NC1CC1)(C(=O)O)c1ccccc1. The summed E-state index contributed by atoms with van der Waals surface area (Å²) in [5.74, 6) is -0.766. The second-order valence-electron chi connectivity index (χ2n) is 4.75. The van der Waals surface area contributed by atoms with Crippen LogP contribution in [0.2, 0.25) is 0 Å². The van der Waals surface area contributed by atoms with E-state index in [2.05, 4.69) is 5.32 Å². The maximum atomic E-state index is 11.7. The van der Waals surface area contributed by atoms with Crippen molar-refractivity contribution in [2.75, 3.05) is 0 Å². The summed E-state index contributed by atoms with van der Waals surface area (Å²) in [5.41, 5.74) is -0.0433. The molecule has 1 saturated carbocycles. The minimum atomic E-state index is -0.906. The van der Waals surface area contributed by atoms with Crippen molar-refractivity contribution in [3.8, 4) is 0 Å². The number of benzene rings is 1. The van der Waals surface area contributed by atoms with Gasteiger partial charge in [-0.1, -0.05) is 43.7 Å². The van der Waals surface area contributed by atoms with E-state index >= 15 is 0 Å². The van der Waals surface area contributed by atoms with Crippen LogP contribution in [-0.2, 0) is 10.3 Å². The Morgan fingerprint density at radius 1 is 1.41 bits per heavy atom. The van der Waals surface area contributed by atoms with Crippen molar-refractivity contribution in [1.29, 1.82) is 0 Å². The van der Waals surface area contributed by atoms with E-state index in [-0.39, 0.29) is 0 Å². The van der Waals surface area contributed by atoms with Crippen LogP contribution in [0.1, 0.15) is 38.2 Å². The Hall–Kier alpha value is -1.35. The summed E-state index contributed by atoms with van der Waals surface area (Å²) >= 11 is 0. The first-order valence-electron chi connectivity index (χ1n) is 6.25. The highest BCUT2D eigenvalue weighted by molar-refractivity contribution is 5.81. The van der Waals surface area contributed by atoms with Gasteiger partial charge in [0.25, 0.3) is 0 Å². The number of nitrogens with one attached hydrogen (secondary N) is 1. The summed E-state index contributed by atoms with van der Waals surface area (Å²) in [6, 6.07) is 9.89. The Bertz CT molecular complexity index is 386. The molecule has 1 fully saturated rings. The summed E-state index contributed by atoms with van der Waals surface area (Å²) in [6.45, 7) is 2.02. The molecule has 1 unspecified atom stereocenters. The van der Waals surface area contributed by atoms with Gasteiger partial charge in [0.1, 0.15) is 5.54 Å². The van der Waals surface area contributed by atoms with E-state index in [4.69, 9.17) is 0 Å². The largest absolute Gasteiger partial charge is 0.480 e. The molecule has 1 aromatic carbocycles. The predicted molar refractivity (Wildman–Crippen MR) is 66.8 cm³/mol. The van der Waals surface area contributed by atoms with Gasteiger partial charge in [-0.25, -0.2) is 4.79 Å². The maximum absolute atomic E-state index is 11.7. The minimum Gasteiger partial charge on any atom is -0.480 e. The first-order chi connectivity index (χ1) is 8.19. The van der Waals surface area contributed by atoms with Crippen LogP contribution in [0.25, 0.3) is 0 Å². The summed E-state index contributed by atoms with van der Waals surface area (Å²) in [6.07, 6.45) is 3.65. The van der Waals surface area contributed by atoms with Gasteiger partial charge in [-0.2, -0.15) is 0 Å². The summed E-state index contributed by atoms with van der Waals surface area (Å²) < 4.78 is 0. The molecular weight excluding hydrogens is 214 g/mol. The highest BCUT2D eigenvalue weighted by Crippen LogP contribution is 2.32.